The highest BCUT2D eigenvalue weighted by atomic mass is 32.2. The van der Waals surface area contributed by atoms with Crippen molar-refractivity contribution in [2.75, 3.05) is 17.7 Å². The van der Waals surface area contributed by atoms with Crippen molar-refractivity contribution in [1.82, 2.24) is 5.32 Å². The van der Waals surface area contributed by atoms with Gasteiger partial charge in [0.25, 0.3) is 11.8 Å². The lowest BCUT2D eigenvalue weighted by Crippen LogP contribution is -2.30. The summed E-state index contributed by atoms with van der Waals surface area (Å²) in [6.45, 7) is 0. The number of hydrogen-bond acceptors (Lipinski definition) is 6. The van der Waals surface area contributed by atoms with Gasteiger partial charge in [-0.25, -0.2) is 0 Å². The van der Waals surface area contributed by atoms with Crippen LogP contribution in [-0.4, -0.2) is 24.8 Å². The molecule has 5 aromatic carbocycles. The molecule has 1 atom stereocenters. The molecule has 0 bridgehead atoms. The molecule has 0 aliphatic rings. The summed E-state index contributed by atoms with van der Waals surface area (Å²) in [6, 6.07) is 39.2. The van der Waals surface area contributed by atoms with Crippen LogP contribution in [0.25, 0.3) is 17.4 Å². The largest absolute Gasteiger partial charge is 0.496 e. The summed E-state index contributed by atoms with van der Waals surface area (Å²) < 4.78 is 52.5. The minimum absolute atomic E-state index is 0.0943. The molecule has 0 spiro atoms. The normalized spacial score (nSPS) is 12.0. The summed E-state index contributed by atoms with van der Waals surface area (Å²) in [7, 11) is 1.55. The summed E-state index contributed by atoms with van der Waals surface area (Å²) in [6.07, 6.45) is -3.24. The minimum Gasteiger partial charge on any atom is -0.496 e. The van der Waals surface area contributed by atoms with Gasteiger partial charge in [-0.2, -0.15) is 13.2 Å². The van der Waals surface area contributed by atoms with Crippen molar-refractivity contribution < 1.29 is 36.7 Å². The van der Waals surface area contributed by atoms with E-state index in [9.17, 15) is 27.6 Å². The van der Waals surface area contributed by atoms with E-state index in [-0.39, 0.29) is 11.4 Å². The van der Waals surface area contributed by atoms with Gasteiger partial charge in [0.1, 0.15) is 28.2 Å². The molecule has 6 rings (SSSR count). The number of para-hydroxylation sites is 2. The minimum atomic E-state index is -4.66. The number of nitrogens with one attached hydrogen (secondary N) is 3. The Bertz CT molecular complexity index is 2270. The quantitative estimate of drug-likeness (QED) is 0.0850. The maximum Gasteiger partial charge on any atom is 0.418 e. The van der Waals surface area contributed by atoms with E-state index in [0.29, 0.717) is 44.5 Å². The number of carbonyl (C=O) groups excluding carboxylic acids is 3. The lowest BCUT2D eigenvalue weighted by Gasteiger charge is -2.19. The molecule has 272 valence electrons. The number of hydrogen-bond donors (Lipinski definition) is 3. The molecule has 3 N–H and O–H groups in total. The highest BCUT2D eigenvalue weighted by molar-refractivity contribution is 8.00. The zero-order valence-corrected chi connectivity index (χ0v) is 29.4. The van der Waals surface area contributed by atoms with Gasteiger partial charge < -0.3 is 25.1 Å². The van der Waals surface area contributed by atoms with Gasteiger partial charge >= 0.3 is 6.18 Å². The second kappa shape index (κ2) is 16.9. The molecule has 0 radical (unpaired) electrons. The third-order valence-electron chi connectivity index (χ3n) is 8.01. The topological polar surface area (TPSA) is 110 Å². The summed E-state index contributed by atoms with van der Waals surface area (Å²) in [5.74, 6) is -0.404. The van der Waals surface area contributed by atoms with Crippen LogP contribution in [-0.2, 0) is 15.8 Å². The number of carbonyl (C=O) groups is 3. The van der Waals surface area contributed by atoms with Crippen molar-refractivity contribution in [3.8, 4) is 17.1 Å². The molecule has 8 nitrogen and oxygen atoms in total. The molecule has 54 heavy (non-hydrogen) atoms. The van der Waals surface area contributed by atoms with E-state index in [2.05, 4.69) is 16.0 Å². The van der Waals surface area contributed by atoms with Gasteiger partial charge in [0.2, 0.25) is 5.91 Å². The summed E-state index contributed by atoms with van der Waals surface area (Å²) in [5.41, 5.74) is 0.607. The standard InChI is InChI=1S/C42H32F3N3O5S/c1-52-36-19-11-8-16-32(36)37-25-22-30(53-37)26-35(48-39(49)28-14-6-3-7-15-28)40(50)46-29-20-23-31(24-21-29)54-38(27-12-4-2-5-13-27)41(51)47-34-18-10-9-17-33(34)42(43,44)45/h2-26,38H,1H3,(H,46,50)(H,47,51)(H,48,49)/b35-26+/t38-/m0/s1. The van der Waals surface area contributed by atoms with Crippen molar-refractivity contribution in [2.45, 2.75) is 16.3 Å². The Kier molecular flexibility index (Phi) is 11.6. The first-order chi connectivity index (χ1) is 26.1. The fraction of sp³-hybridized carbons (Fsp3) is 0.0714. The van der Waals surface area contributed by atoms with Gasteiger partial charge in [0.05, 0.1) is 23.9 Å². The van der Waals surface area contributed by atoms with Crippen LogP contribution in [0.4, 0.5) is 24.5 Å². The van der Waals surface area contributed by atoms with Crippen molar-refractivity contribution in [1.29, 1.82) is 0 Å². The lowest BCUT2D eigenvalue weighted by molar-refractivity contribution is -0.137. The second-order valence-electron chi connectivity index (χ2n) is 11.7. The summed E-state index contributed by atoms with van der Waals surface area (Å²) in [5, 5.41) is 7.01. The monoisotopic (exact) mass is 747 g/mol. The van der Waals surface area contributed by atoms with Gasteiger partial charge in [-0.1, -0.05) is 72.8 Å². The van der Waals surface area contributed by atoms with E-state index in [4.69, 9.17) is 9.15 Å². The fourth-order valence-corrected chi connectivity index (χ4v) is 6.42. The molecule has 1 aromatic heterocycles. The average molecular weight is 748 g/mol. The van der Waals surface area contributed by atoms with Gasteiger partial charge in [-0.05, 0) is 78.4 Å². The van der Waals surface area contributed by atoms with Crippen LogP contribution >= 0.6 is 11.8 Å². The molecular weight excluding hydrogens is 716 g/mol. The number of halogens is 3. The molecule has 0 aliphatic heterocycles. The Balaban J connectivity index is 1.22. The zero-order chi connectivity index (χ0) is 38.1. The Morgan fingerprint density at radius 2 is 1.39 bits per heavy atom. The highest BCUT2D eigenvalue weighted by Crippen LogP contribution is 2.39. The van der Waals surface area contributed by atoms with Crippen LogP contribution < -0.4 is 20.7 Å². The van der Waals surface area contributed by atoms with Crippen LogP contribution in [0, 0.1) is 0 Å². The molecular formula is C42H32F3N3O5S. The Hall–Kier alpha value is -6.53. The number of methoxy groups -OCH3 is 1. The van der Waals surface area contributed by atoms with Crippen LogP contribution in [0.2, 0.25) is 0 Å². The van der Waals surface area contributed by atoms with Gasteiger partial charge in [-0.15, -0.1) is 11.8 Å². The third-order valence-corrected chi connectivity index (χ3v) is 9.28. The van der Waals surface area contributed by atoms with Crippen molar-refractivity contribution in [3.05, 3.63) is 174 Å². The van der Waals surface area contributed by atoms with E-state index < -0.39 is 34.7 Å². The number of alkyl halides is 3. The highest BCUT2D eigenvalue weighted by Gasteiger charge is 2.34. The second-order valence-corrected chi connectivity index (χ2v) is 12.9. The maximum atomic E-state index is 13.7. The van der Waals surface area contributed by atoms with Crippen LogP contribution in [0.1, 0.15) is 32.5 Å². The van der Waals surface area contributed by atoms with Gasteiger partial charge in [0, 0.05) is 22.2 Å². The summed E-state index contributed by atoms with van der Waals surface area (Å²) >= 11 is 1.13. The number of thioether (sulfide) groups is 1. The first kappa shape index (κ1) is 37.2. The van der Waals surface area contributed by atoms with Crippen LogP contribution in [0.3, 0.4) is 0 Å². The van der Waals surface area contributed by atoms with E-state index in [1.165, 1.54) is 24.3 Å². The number of rotatable bonds is 12. The molecule has 3 amide bonds. The molecule has 0 unspecified atom stereocenters. The Morgan fingerprint density at radius 1 is 0.741 bits per heavy atom. The lowest BCUT2D eigenvalue weighted by atomic mass is 10.1. The van der Waals surface area contributed by atoms with Crippen molar-refractivity contribution in [3.63, 3.8) is 0 Å². The first-order valence-corrected chi connectivity index (χ1v) is 17.4. The molecule has 0 saturated heterocycles. The Morgan fingerprint density at radius 3 is 2.09 bits per heavy atom. The average Bonchev–Trinajstić information content (AvgIpc) is 3.66. The van der Waals surface area contributed by atoms with Crippen LogP contribution in [0.5, 0.6) is 5.75 Å². The zero-order valence-electron chi connectivity index (χ0n) is 28.6. The smallest absolute Gasteiger partial charge is 0.418 e. The maximum absolute atomic E-state index is 13.7. The molecule has 0 saturated carbocycles. The van der Waals surface area contributed by atoms with Crippen LogP contribution in [0.15, 0.2) is 161 Å². The van der Waals surface area contributed by atoms with Crippen molar-refractivity contribution >= 4 is 46.9 Å². The van der Waals surface area contributed by atoms with E-state index in [1.807, 2.05) is 18.2 Å². The molecule has 0 fully saturated rings. The predicted octanol–water partition coefficient (Wildman–Crippen LogP) is 9.86. The number of furan rings is 1. The number of ether oxygens (including phenoxy) is 1. The third kappa shape index (κ3) is 9.27. The van der Waals surface area contributed by atoms with E-state index in [0.717, 1.165) is 17.8 Å². The number of anilines is 2. The summed E-state index contributed by atoms with van der Waals surface area (Å²) in [4.78, 5) is 41.0. The van der Waals surface area contributed by atoms with Gasteiger partial charge in [0.15, 0.2) is 0 Å². The molecule has 0 aliphatic carbocycles. The van der Waals surface area contributed by atoms with Gasteiger partial charge in [-0.3, -0.25) is 14.4 Å². The number of benzene rings is 5. The number of amides is 3. The molecule has 1 heterocycles. The van der Waals surface area contributed by atoms with E-state index in [1.54, 1.807) is 110 Å². The fourth-order valence-electron chi connectivity index (χ4n) is 5.40. The van der Waals surface area contributed by atoms with Crippen molar-refractivity contribution in [2.24, 2.45) is 0 Å². The first-order valence-electron chi connectivity index (χ1n) is 16.5. The molecule has 12 heteroatoms. The Labute approximate surface area is 313 Å². The van der Waals surface area contributed by atoms with E-state index >= 15 is 0 Å². The molecule has 6 aromatic rings. The SMILES string of the molecule is COc1ccccc1-c1ccc(/C=C(/NC(=O)c2ccccc2)C(=O)Nc2ccc(S[C@H](C(=O)Nc3ccccc3C(F)(F)F)c3ccccc3)cc2)o1. The predicted molar refractivity (Wildman–Crippen MR) is 203 cm³/mol.